The topological polar surface area (TPSA) is 101 Å². The second-order valence-corrected chi connectivity index (χ2v) is 5.59. The van der Waals surface area contributed by atoms with Crippen molar-refractivity contribution < 1.29 is 18.4 Å². The third kappa shape index (κ3) is 4.46. The highest BCUT2D eigenvalue weighted by Gasteiger charge is 2.13. The number of anilines is 1. The number of carbonyl (C=O) groups is 1. The van der Waals surface area contributed by atoms with Crippen molar-refractivity contribution >= 4 is 11.6 Å². The van der Waals surface area contributed by atoms with Crippen LogP contribution in [0.25, 0.3) is 11.4 Å². The van der Waals surface area contributed by atoms with Gasteiger partial charge in [-0.05, 0) is 42.5 Å². The second-order valence-electron chi connectivity index (χ2n) is 5.59. The summed E-state index contributed by atoms with van der Waals surface area (Å²) >= 11 is 0. The summed E-state index contributed by atoms with van der Waals surface area (Å²) in [6.07, 6.45) is 0.339. The number of amides is 1. The standard InChI is InChI=1S/C19H15FN4O3/c1-26-16-7-2-12(11-21)10-15(16)22-17(25)8-9-18-23-19(24-27-18)13-3-5-14(20)6-4-13/h2-7,10H,8-9H2,1H3,(H,22,25). The zero-order valence-electron chi connectivity index (χ0n) is 14.4. The molecule has 0 aliphatic rings. The van der Waals surface area contributed by atoms with E-state index in [9.17, 15) is 9.18 Å². The number of methoxy groups -OCH3 is 1. The van der Waals surface area contributed by atoms with Crippen molar-refractivity contribution in [2.24, 2.45) is 0 Å². The van der Waals surface area contributed by atoms with E-state index in [0.29, 0.717) is 34.3 Å². The van der Waals surface area contributed by atoms with Crippen LogP contribution in [0.3, 0.4) is 0 Å². The number of hydrogen-bond acceptors (Lipinski definition) is 6. The first-order valence-electron chi connectivity index (χ1n) is 8.05. The Balaban J connectivity index is 1.62. The monoisotopic (exact) mass is 366 g/mol. The molecule has 0 unspecified atom stereocenters. The van der Waals surface area contributed by atoms with Crippen molar-refractivity contribution in [2.45, 2.75) is 12.8 Å². The first-order chi connectivity index (χ1) is 13.1. The van der Waals surface area contributed by atoms with Gasteiger partial charge in [0.05, 0.1) is 24.4 Å². The van der Waals surface area contributed by atoms with Gasteiger partial charge in [-0.2, -0.15) is 10.2 Å². The fourth-order valence-electron chi connectivity index (χ4n) is 2.38. The van der Waals surface area contributed by atoms with Crippen molar-refractivity contribution in [1.82, 2.24) is 10.1 Å². The summed E-state index contributed by atoms with van der Waals surface area (Å²) in [4.78, 5) is 16.4. The number of ether oxygens (including phenoxy) is 1. The average molecular weight is 366 g/mol. The lowest BCUT2D eigenvalue weighted by Crippen LogP contribution is -2.13. The minimum atomic E-state index is -0.352. The zero-order valence-corrected chi connectivity index (χ0v) is 14.4. The van der Waals surface area contributed by atoms with Gasteiger partial charge >= 0.3 is 0 Å². The summed E-state index contributed by atoms with van der Waals surface area (Å²) in [6.45, 7) is 0. The molecule has 0 spiro atoms. The second kappa shape index (κ2) is 8.10. The van der Waals surface area contributed by atoms with Gasteiger partial charge in [0.15, 0.2) is 0 Å². The van der Waals surface area contributed by atoms with Crippen LogP contribution in [0, 0.1) is 17.1 Å². The normalized spacial score (nSPS) is 10.3. The van der Waals surface area contributed by atoms with Crippen LogP contribution in [0.2, 0.25) is 0 Å². The van der Waals surface area contributed by atoms with Crippen LogP contribution in [0.4, 0.5) is 10.1 Å². The van der Waals surface area contributed by atoms with Crippen LogP contribution < -0.4 is 10.1 Å². The summed E-state index contributed by atoms with van der Waals surface area (Å²) < 4.78 is 23.3. The van der Waals surface area contributed by atoms with Crippen molar-refractivity contribution in [3.8, 4) is 23.2 Å². The number of halogens is 1. The lowest BCUT2D eigenvalue weighted by Gasteiger charge is -2.09. The Morgan fingerprint density at radius 1 is 1.30 bits per heavy atom. The lowest BCUT2D eigenvalue weighted by molar-refractivity contribution is -0.116. The van der Waals surface area contributed by atoms with Gasteiger partial charge in [0.1, 0.15) is 11.6 Å². The molecule has 0 fully saturated rings. The van der Waals surface area contributed by atoms with Gasteiger partial charge < -0.3 is 14.6 Å². The molecule has 0 aliphatic heterocycles. The molecule has 1 heterocycles. The van der Waals surface area contributed by atoms with E-state index in [-0.39, 0.29) is 24.6 Å². The minimum Gasteiger partial charge on any atom is -0.495 e. The summed E-state index contributed by atoms with van der Waals surface area (Å²) in [5.41, 5.74) is 1.44. The van der Waals surface area contributed by atoms with E-state index in [0.717, 1.165) is 0 Å². The molecule has 1 aromatic heterocycles. The fourth-order valence-corrected chi connectivity index (χ4v) is 2.38. The van der Waals surface area contributed by atoms with Gasteiger partial charge in [-0.3, -0.25) is 4.79 Å². The van der Waals surface area contributed by atoms with Gasteiger partial charge in [-0.25, -0.2) is 4.39 Å². The molecule has 0 bridgehead atoms. The molecule has 0 atom stereocenters. The molecule has 1 amide bonds. The number of carbonyl (C=O) groups excluding carboxylic acids is 1. The van der Waals surface area contributed by atoms with Crippen LogP contribution >= 0.6 is 0 Å². The Morgan fingerprint density at radius 3 is 2.78 bits per heavy atom. The predicted octanol–water partition coefficient (Wildman–Crippen LogP) is 3.33. The van der Waals surface area contributed by atoms with E-state index < -0.39 is 0 Å². The van der Waals surface area contributed by atoms with Gasteiger partial charge in [-0.1, -0.05) is 5.16 Å². The summed E-state index contributed by atoms with van der Waals surface area (Å²) in [7, 11) is 1.48. The zero-order chi connectivity index (χ0) is 19.2. The molecule has 8 heteroatoms. The maximum atomic E-state index is 13.0. The fraction of sp³-hybridized carbons (Fsp3) is 0.158. The van der Waals surface area contributed by atoms with Crippen LogP contribution in [0.15, 0.2) is 47.0 Å². The number of aryl methyl sites for hydroxylation is 1. The van der Waals surface area contributed by atoms with E-state index in [1.54, 1.807) is 24.3 Å². The SMILES string of the molecule is COc1ccc(C#N)cc1NC(=O)CCc1nc(-c2ccc(F)cc2)no1. The van der Waals surface area contributed by atoms with E-state index in [2.05, 4.69) is 15.5 Å². The quantitative estimate of drug-likeness (QED) is 0.718. The molecule has 0 saturated heterocycles. The number of nitrogens with zero attached hydrogens (tertiary/aromatic N) is 3. The Hall–Kier alpha value is -3.73. The molecule has 0 saturated carbocycles. The molecule has 7 nitrogen and oxygen atoms in total. The van der Waals surface area contributed by atoms with Crippen LogP contribution in [0.5, 0.6) is 5.75 Å². The van der Waals surface area contributed by atoms with Crippen LogP contribution in [-0.2, 0) is 11.2 Å². The van der Waals surface area contributed by atoms with E-state index in [1.807, 2.05) is 6.07 Å². The molecular formula is C19H15FN4O3. The minimum absolute atomic E-state index is 0.102. The van der Waals surface area contributed by atoms with Gasteiger partial charge in [-0.15, -0.1) is 0 Å². The third-order valence-corrected chi connectivity index (χ3v) is 3.74. The Labute approximate surface area is 154 Å². The maximum Gasteiger partial charge on any atom is 0.227 e. The Kier molecular flexibility index (Phi) is 5.42. The molecule has 3 aromatic rings. The maximum absolute atomic E-state index is 13.0. The smallest absolute Gasteiger partial charge is 0.227 e. The number of aromatic nitrogens is 2. The van der Waals surface area contributed by atoms with Crippen molar-refractivity contribution in [3.63, 3.8) is 0 Å². The number of hydrogen-bond donors (Lipinski definition) is 1. The Morgan fingerprint density at radius 2 is 2.07 bits per heavy atom. The van der Waals surface area contributed by atoms with Gasteiger partial charge in [0.2, 0.25) is 17.6 Å². The average Bonchev–Trinajstić information content (AvgIpc) is 3.16. The highest BCUT2D eigenvalue weighted by Crippen LogP contribution is 2.25. The molecule has 2 aromatic carbocycles. The Bertz CT molecular complexity index is 993. The van der Waals surface area contributed by atoms with Crippen LogP contribution in [-0.4, -0.2) is 23.2 Å². The molecule has 0 radical (unpaired) electrons. The largest absolute Gasteiger partial charge is 0.495 e. The molecule has 1 N–H and O–H groups in total. The van der Waals surface area contributed by atoms with Crippen molar-refractivity contribution in [2.75, 3.05) is 12.4 Å². The summed E-state index contributed by atoms with van der Waals surface area (Å²) in [5.74, 6) is 0.440. The molecular weight excluding hydrogens is 351 g/mol. The van der Waals surface area contributed by atoms with E-state index >= 15 is 0 Å². The number of rotatable bonds is 6. The third-order valence-electron chi connectivity index (χ3n) is 3.74. The van der Waals surface area contributed by atoms with Gasteiger partial charge in [0.25, 0.3) is 0 Å². The number of nitrogens with one attached hydrogen (secondary N) is 1. The summed E-state index contributed by atoms with van der Waals surface area (Å²) in [5, 5.41) is 15.5. The highest BCUT2D eigenvalue weighted by atomic mass is 19.1. The first-order valence-corrected chi connectivity index (χ1v) is 8.05. The summed E-state index contributed by atoms with van der Waals surface area (Å²) in [6, 6.07) is 12.5. The predicted molar refractivity (Wildman–Crippen MR) is 94.4 cm³/mol. The molecule has 0 aliphatic carbocycles. The van der Waals surface area contributed by atoms with E-state index in [4.69, 9.17) is 14.5 Å². The first kappa shape index (κ1) is 18.1. The molecule has 3 rings (SSSR count). The lowest BCUT2D eigenvalue weighted by atomic mass is 10.2. The van der Waals surface area contributed by atoms with E-state index in [1.165, 1.54) is 25.3 Å². The number of benzene rings is 2. The molecule has 27 heavy (non-hydrogen) atoms. The van der Waals surface area contributed by atoms with Crippen molar-refractivity contribution in [3.05, 3.63) is 59.7 Å². The van der Waals surface area contributed by atoms with Gasteiger partial charge in [0, 0.05) is 18.4 Å². The van der Waals surface area contributed by atoms with Crippen LogP contribution in [0.1, 0.15) is 17.9 Å². The number of nitriles is 1. The highest BCUT2D eigenvalue weighted by molar-refractivity contribution is 5.92. The van der Waals surface area contributed by atoms with Crippen molar-refractivity contribution in [1.29, 1.82) is 5.26 Å². The molecule has 136 valence electrons.